The number of hydrogen-bond acceptors (Lipinski definition) is 3. The summed E-state index contributed by atoms with van der Waals surface area (Å²) in [6, 6.07) is 7.56. The molecule has 1 rings (SSSR count). The fourth-order valence-corrected chi connectivity index (χ4v) is 1.77. The van der Waals surface area contributed by atoms with E-state index < -0.39 is 5.97 Å². The maximum atomic E-state index is 11.4. The number of carboxylic acid groups (broad SMARTS) is 1. The highest BCUT2D eigenvalue weighted by atomic mass is 16.4. The van der Waals surface area contributed by atoms with Crippen molar-refractivity contribution in [2.24, 2.45) is 0 Å². The van der Waals surface area contributed by atoms with Gasteiger partial charge in [-0.15, -0.1) is 0 Å². The minimum absolute atomic E-state index is 0.0102. The number of carbonyl (C=O) groups excluding carboxylic acids is 1. The summed E-state index contributed by atoms with van der Waals surface area (Å²) in [5.74, 6) is -0.952. The Morgan fingerprint density at radius 2 is 1.95 bits per heavy atom. The topological polar surface area (TPSA) is 69.6 Å². The van der Waals surface area contributed by atoms with Crippen LogP contribution in [0.2, 0.25) is 0 Å². The van der Waals surface area contributed by atoms with E-state index in [-0.39, 0.29) is 5.91 Å². The highest BCUT2D eigenvalue weighted by Crippen LogP contribution is 2.08. The second-order valence-corrected chi connectivity index (χ2v) is 4.54. The lowest BCUT2D eigenvalue weighted by molar-refractivity contribution is -0.131. The van der Waals surface area contributed by atoms with Crippen molar-refractivity contribution < 1.29 is 14.7 Å². The summed E-state index contributed by atoms with van der Waals surface area (Å²) in [5.41, 5.74) is 1.91. The number of carboxylic acids is 1. The van der Waals surface area contributed by atoms with E-state index >= 15 is 0 Å². The quantitative estimate of drug-likeness (QED) is 0.738. The van der Waals surface area contributed by atoms with Gasteiger partial charge in [0.25, 0.3) is 0 Å². The Bertz CT molecular complexity index is 480. The van der Waals surface area contributed by atoms with Crippen molar-refractivity contribution in [1.29, 1.82) is 0 Å². The molecule has 0 aromatic heterocycles. The molecule has 0 aliphatic carbocycles. The van der Waals surface area contributed by atoms with E-state index in [0.717, 1.165) is 17.2 Å². The molecule has 20 heavy (non-hydrogen) atoms. The largest absolute Gasteiger partial charge is 0.478 e. The smallest absolute Gasteiger partial charge is 0.328 e. The Labute approximate surface area is 118 Å². The maximum absolute atomic E-state index is 11.4. The highest BCUT2D eigenvalue weighted by Gasteiger charge is 2.05. The zero-order valence-corrected chi connectivity index (χ0v) is 11.8. The Morgan fingerprint density at radius 1 is 1.30 bits per heavy atom. The van der Waals surface area contributed by atoms with Crippen LogP contribution in [0.1, 0.15) is 18.1 Å². The van der Waals surface area contributed by atoms with Gasteiger partial charge < -0.3 is 10.4 Å². The Balaban J connectivity index is 2.52. The molecule has 1 aromatic rings. The van der Waals surface area contributed by atoms with Gasteiger partial charge in [0.1, 0.15) is 0 Å². The van der Waals surface area contributed by atoms with Gasteiger partial charge in [-0.05, 0) is 31.2 Å². The van der Waals surface area contributed by atoms with E-state index in [1.54, 1.807) is 6.08 Å². The van der Waals surface area contributed by atoms with Crippen LogP contribution in [0.15, 0.2) is 30.3 Å². The van der Waals surface area contributed by atoms with Crippen molar-refractivity contribution in [2.75, 3.05) is 20.1 Å². The van der Waals surface area contributed by atoms with Gasteiger partial charge in [0, 0.05) is 19.2 Å². The number of amides is 1. The van der Waals surface area contributed by atoms with Crippen molar-refractivity contribution in [2.45, 2.75) is 13.5 Å². The third kappa shape index (κ3) is 6.15. The molecule has 108 valence electrons. The number of hydrogen-bond donors (Lipinski definition) is 2. The summed E-state index contributed by atoms with van der Waals surface area (Å²) in [6.07, 6.45) is 2.65. The minimum Gasteiger partial charge on any atom is -0.478 e. The molecule has 0 heterocycles. The van der Waals surface area contributed by atoms with Crippen molar-refractivity contribution in [3.05, 3.63) is 41.5 Å². The molecule has 5 nitrogen and oxygen atoms in total. The van der Waals surface area contributed by atoms with Gasteiger partial charge in [0.05, 0.1) is 6.54 Å². The number of aliphatic carboxylic acids is 1. The molecule has 0 aliphatic heterocycles. The predicted octanol–water partition coefficient (Wildman–Crippen LogP) is 1.35. The van der Waals surface area contributed by atoms with Crippen LogP contribution in [-0.2, 0) is 16.1 Å². The number of likely N-dealkylation sites (N-methyl/N-ethyl adjacent to an activating group) is 2. The average Bonchev–Trinajstić information content (AvgIpc) is 2.37. The van der Waals surface area contributed by atoms with E-state index in [1.165, 1.54) is 0 Å². The van der Waals surface area contributed by atoms with E-state index in [2.05, 4.69) is 5.32 Å². The molecule has 0 saturated heterocycles. The van der Waals surface area contributed by atoms with Gasteiger partial charge in [-0.3, -0.25) is 9.69 Å². The van der Waals surface area contributed by atoms with Crippen LogP contribution in [-0.4, -0.2) is 42.0 Å². The lowest BCUT2D eigenvalue weighted by Crippen LogP contribution is -2.34. The molecule has 0 aliphatic rings. The SMILES string of the molecule is CCNC(=O)CN(C)Cc1ccc(C=CC(=O)O)cc1. The molecule has 2 N–H and O–H groups in total. The number of nitrogens with one attached hydrogen (secondary N) is 1. The lowest BCUT2D eigenvalue weighted by Gasteiger charge is -2.16. The number of nitrogens with zero attached hydrogens (tertiary/aromatic N) is 1. The zero-order valence-electron chi connectivity index (χ0n) is 11.8. The molecule has 0 fully saturated rings. The molecular weight excluding hydrogens is 256 g/mol. The first-order valence-corrected chi connectivity index (χ1v) is 6.46. The van der Waals surface area contributed by atoms with Gasteiger partial charge in [-0.2, -0.15) is 0 Å². The average molecular weight is 276 g/mol. The Hall–Kier alpha value is -2.14. The van der Waals surface area contributed by atoms with Gasteiger partial charge in [0.2, 0.25) is 5.91 Å². The molecule has 5 heteroatoms. The monoisotopic (exact) mass is 276 g/mol. The van der Waals surface area contributed by atoms with Gasteiger partial charge >= 0.3 is 5.97 Å². The third-order valence-corrected chi connectivity index (χ3v) is 2.64. The predicted molar refractivity (Wildman–Crippen MR) is 78.1 cm³/mol. The van der Waals surface area contributed by atoms with Gasteiger partial charge in [0.15, 0.2) is 0 Å². The molecule has 0 unspecified atom stereocenters. The van der Waals surface area contributed by atoms with E-state index in [0.29, 0.717) is 19.6 Å². The van der Waals surface area contributed by atoms with Gasteiger partial charge in [-0.1, -0.05) is 24.3 Å². The first-order chi connectivity index (χ1) is 9.51. The van der Waals surface area contributed by atoms with Crippen molar-refractivity contribution in [3.63, 3.8) is 0 Å². The summed E-state index contributed by atoms with van der Waals surface area (Å²) < 4.78 is 0. The fraction of sp³-hybridized carbons (Fsp3) is 0.333. The number of benzene rings is 1. The van der Waals surface area contributed by atoms with Crippen molar-refractivity contribution in [3.8, 4) is 0 Å². The van der Waals surface area contributed by atoms with Crippen LogP contribution < -0.4 is 5.32 Å². The van der Waals surface area contributed by atoms with Crippen LogP contribution in [0.3, 0.4) is 0 Å². The van der Waals surface area contributed by atoms with Crippen LogP contribution in [0, 0.1) is 0 Å². The summed E-state index contributed by atoms with van der Waals surface area (Å²) >= 11 is 0. The molecule has 0 spiro atoms. The molecule has 0 atom stereocenters. The maximum Gasteiger partial charge on any atom is 0.328 e. The van der Waals surface area contributed by atoms with Crippen LogP contribution in [0.25, 0.3) is 6.08 Å². The molecular formula is C15H20N2O3. The van der Waals surface area contributed by atoms with Gasteiger partial charge in [-0.25, -0.2) is 4.79 Å². The molecule has 0 radical (unpaired) electrons. The molecule has 0 saturated carbocycles. The number of carbonyl (C=O) groups is 2. The summed E-state index contributed by atoms with van der Waals surface area (Å²) in [4.78, 5) is 23.8. The van der Waals surface area contributed by atoms with Crippen molar-refractivity contribution in [1.82, 2.24) is 10.2 Å². The molecule has 1 amide bonds. The van der Waals surface area contributed by atoms with E-state index in [9.17, 15) is 9.59 Å². The first kappa shape index (κ1) is 15.9. The minimum atomic E-state index is -0.962. The molecule has 0 bridgehead atoms. The normalized spacial score (nSPS) is 10.9. The zero-order chi connectivity index (χ0) is 15.0. The summed E-state index contributed by atoms with van der Waals surface area (Å²) in [7, 11) is 1.88. The second kappa shape index (κ2) is 8.12. The van der Waals surface area contributed by atoms with Crippen LogP contribution in [0.4, 0.5) is 0 Å². The van der Waals surface area contributed by atoms with E-state index in [1.807, 2.05) is 43.1 Å². The lowest BCUT2D eigenvalue weighted by atomic mass is 10.1. The third-order valence-electron chi connectivity index (χ3n) is 2.64. The number of rotatable bonds is 7. The van der Waals surface area contributed by atoms with Crippen molar-refractivity contribution >= 4 is 18.0 Å². The Morgan fingerprint density at radius 3 is 2.50 bits per heavy atom. The van der Waals surface area contributed by atoms with Crippen LogP contribution >= 0.6 is 0 Å². The second-order valence-electron chi connectivity index (χ2n) is 4.54. The van der Waals surface area contributed by atoms with Crippen LogP contribution in [0.5, 0.6) is 0 Å². The Kier molecular flexibility index (Phi) is 6.46. The highest BCUT2D eigenvalue weighted by molar-refractivity contribution is 5.85. The summed E-state index contributed by atoms with van der Waals surface area (Å²) in [6.45, 7) is 3.55. The standard InChI is InChI=1S/C15H20N2O3/c1-3-16-14(18)11-17(2)10-13-6-4-12(5-7-13)8-9-15(19)20/h4-9H,3,10-11H2,1-2H3,(H,16,18)(H,19,20). The molecule has 1 aromatic carbocycles. The van der Waals surface area contributed by atoms with E-state index in [4.69, 9.17) is 5.11 Å². The fourth-order valence-electron chi connectivity index (χ4n) is 1.77. The first-order valence-electron chi connectivity index (χ1n) is 6.46. The summed E-state index contributed by atoms with van der Waals surface area (Å²) in [5, 5.41) is 11.3.